The van der Waals surface area contributed by atoms with Crippen LogP contribution in [0.15, 0.2) is 18.2 Å². The van der Waals surface area contributed by atoms with Gasteiger partial charge in [0.15, 0.2) is 11.5 Å². The van der Waals surface area contributed by atoms with Crippen LogP contribution in [0.25, 0.3) is 0 Å². The first-order valence-corrected chi connectivity index (χ1v) is 6.57. The lowest BCUT2D eigenvalue weighted by molar-refractivity contribution is 0.196. The number of methoxy groups -OCH3 is 1. The molecule has 0 unspecified atom stereocenters. The van der Waals surface area contributed by atoms with Gasteiger partial charge in [0.25, 0.3) is 0 Å². The molecule has 0 atom stereocenters. The fourth-order valence-electron chi connectivity index (χ4n) is 1.72. The fourth-order valence-corrected chi connectivity index (χ4v) is 1.72. The van der Waals surface area contributed by atoms with Crippen molar-refractivity contribution in [3.05, 3.63) is 23.8 Å². The van der Waals surface area contributed by atoms with Crippen LogP contribution in [-0.4, -0.2) is 45.6 Å². The highest BCUT2D eigenvalue weighted by Crippen LogP contribution is 2.27. The van der Waals surface area contributed by atoms with Crippen LogP contribution in [0.2, 0.25) is 0 Å². The number of ether oxygens (including phenoxy) is 2. The highest BCUT2D eigenvalue weighted by Gasteiger charge is 2.05. The molecule has 0 spiro atoms. The van der Waals surface area contributed by atoms with E-state index in [-0.39, 0.29) is 38.0 Å². The molecule has 1 rings (SSSR count). The molecule has 0 bridgehead atoms. The van der Waals surface area contributed by atoms with Gasteiger partial charge in [-0.2, -0.15) is 0 Å². The van der Waals surface area contributed by atoms with Crippen molar-refractivity contribution < 1.29 is 14.6 Å². The van der Waals surface area contributed by atoms with Gasteiger partial charge >= 0.3 is 0 Å². The van der Waals surface area contributed by atoms with E-state index in [9.17, 15) is 0 Å². The third kappa shape index (κ3) is 9.01. The van der Waals surface area contributed by atoms with Gasteiger partial charge in [-0.15, -0.1) is 24.8 Å². The number of rotatable bonds is 10. The SMILES string of the molecule is CNCCCNCc1ccc(OCCO)c(OC)c1.Cl.Cl. The van der Waals surface area contributed by atoms with Crippen LogP contribution in [0, 0.1) is 0 Å². The van der Waals surface area contributed by atoms with Crippen molar-refractivity contribution in [1.29, 1.82) is 0 Å². The second kappa shape index (κ2) is 14.2. The van der Waals surface area contributed by atoms with Crippen LogP contribution < -0.4 is 20.1 Å². The Balaban J connectivity index is 0. The molecule has 0 saturated carbocycles. The molecule has 0 aliphatic carbocycles. The van der Waals surface area contributed by atoms with Crippen molar-refractivity contribution in [1.82, 2.24) is 10.6 Å². The summed E-state index contributed by atoms with van der Waals surface area (Å²) in [5.74, 6) is 1.36. The molecule has 3 N–H and O–H groups in total. The number of nitrogens with one attached hydrogen (secondary N) is 2. The molecule has 7 heteroatoms. The summed E-state index contributed by atoms with van der Waals surface area (Å²) in [6.45, 7) is 3.08. The molecule has 1 aromatic carbocycles. The van der Waals surface area contributed by atoms with Crippen molar-refractivity contribution in [2.24, 2.45) is 0 Å². The van der Waals surface area contributed by atoms with Gasteiger partial charge in [0.2, 0.25) is 0 Å². The van der Waals surface area contributed by atoms with Gasteiger partial charge < -0.3 is 25.2 Å². The third-order valence-electron chi connectivity index (χ3n) is 2.69. The van der Waals surface area contributed by atoms with Gasteiger partial charge in [-0.25, -0.2) is 0 Å². The van der Waals surface area contributed by atoms with Crippen LogP contribution in [0.5, 0.6) is 11.5 Å². The molecule has 0 aliphatic heterocycles. The van der Waals surface area contributed by atoms with Crippen LogP contribution >= 0.6 is 24.8 Å². The Morgan fingerprint density at radius 1 is 1.14 bits per heavy atom. The van der Waals surface area contributed by atoms with E-state index in [1.54, 1.807) is 7.11 Å². The van der Waals surface area contributed by atoms with Gasteiger partial charge in [-0.3, -0.25) is 0 Å². The molecule has 5 nitrogen and oxygen atoms in total. The third-order valence-corrected chi connectivity index (χ3v) is 2.69. The van der Waals surface area contributed by atoms with E-state index in [0.29, 0.717) is 11.5 Å². The molecule has 0 amide bonds. The van der Waals surface area contributed by atoms with Crippen LogP contribution in [0.4, 0.5) is 0 Å². The summed E-state index contributed by atoms with van der Waals surface area (Å²) in [6, 6.07) is 5.83. The van der Waals surface area contributed by atoms with E-state index >= 15 is 0 Å². The monoisotopic (exact) mass is 340 g/mol. The van der Waals surface area contributed by atoms with E-state index in [1.165, 1.54) is 0 Å². The minimum Gasteiger partial charge on any atom is -0.493 e. The zero-order chi connectivity index (χ0) is 13.9. The molecular formula is C14H26Cl2N2O3. The lowest BCUT2D eigenvalue weighted by atomic mass is 10.2. The predicted molar refractivity (Wildman–Crippen MR) is 90.3 cm³/mol. The highest BCUT2D eigenvalue weighted by atomic mass is 35.5. The highest BCUT2D eigenvalue weighted by molar-refractivity contribution is 5.85. The zero-order valence-corrected chi connectivity index (χ0v) is 14.2. The number of benzene rings is 1. The van der Waals surface area contributed by atoms with Crippen LogP contribution in [0.1, 0.15) is 12.0 Å². The Labute approximate surface area is 139 Å². The Morgan fingerprint density at radius 2 is 1.90 bits per heavy atom. The molecule has 0 saturated heterocycles. The Hall–Kier alpha value is -0.720. The molecule has 0 heterocycles. The molecular weight excluding hydrogens is 315 g/mol. The maximum Gasteiger partial charge on any atom is 0.161 e. The average Bonchev–Trinajstić information content (AvgIpc) is 2.45. The van der Waals surface area contributed by atoms with Gasteiger partial charge in [-0.1, -0.05) is 6.07 Å². The summed E-state index contributed by atoms with van der Waals surface area (Å²) in [6.07, 6.45) is 1.10. The number of hydrogen-bond acceptors (Lipinski definition) is 5. The van der Waals surface area contributed by atoms with Crippen LogP contribution in [0.3, 0.4) is 0 Å². The molecule has 124 valence electrons. The maximum atomic E-state index is 8.75. The van der Waals surface area contributed by atoms with Crippen molar-refractivity contribution >= 4 is 24.8 Å². The second-order valence-electron chi connectivity index (χ2n) is 4.19. The van der Waals surface area contributed by atoms with Crippen molar-refractivity contribution in [2.75, 3.05) is 40.5 Å². The van der Waals surface area contributed by atoms with Gasteiger partial charge in [0.05, 0.1) is 13.7 Å². The first kappa shape index (κ1) is 22.6. The van der Waals surface area contributed by atoms with Crippen molar-refractivity contribution in [3.8, 4) is 11.5 Å². The van der Waals surface area contributed by atoms with E-state index < -0.39 is 0 Å². The smallest absolute Gasteiger partial charge is 0.161 e. The lowest BCUT2D eigenvalue weighted by Gasteiger charge is -2.12. The van der Waals surface area contributed by atoms with E-state index in [1.807, 2.05) is 25.2 Å². The number of hydrogen-bond donors (Lipinski definition) is 3. The molecule has 0 aromatic heterocycles. The Bertz CT molecular complexity index is 368. The summed E-state index contributed by atoms with van der Waals surface area (Å²) in [5, 5.41) is 15.2. The Kier molecular flexibility index (Phi) is 15.3. The summed E-state index contributed by atoms with van der Waals surface area (Å²) in [4.78, 5) is 0. The quantitative estimate of drug-likeness (QED) is 0.565. The first-order chi connectivity index (χ1) is 9.31. The normalized spacial score (nSPS) is 9.48. The standard InChI is InChI=1S/C14H24N2O3.2ClH/c1-15-6-3-7-16-11-12-4-5-13(19-9-8-17)14(10-12)18-2;;/h4-5,10,15-17H,3,6-9,11H2,1-2H3;2*1H. The molecule has 1 aromatic rings. The number of aliphatic hydroxyl groups excluding tert-OH is 1. The Morgan fingerprint density at radius 3 is 2.52 bits per heavy atom. The van der Waals surface area contributed by atoms with E-state index in [4.69, 9.17) is 14.6 Å². The topological polar surface area (TPSA) is 62.8 Å². The fraction of sp³-hybridized carbons (Fsp3) is 0.571. The predicted octanol–water partition coefficient (Wildman–Crippen LogP) is 1.61. The van der Waals surface area contributed by atoms with Crippen molar-refractivity contribution in [2.45, 2.75) is 13.0 Å². The molecule has 21 heavy (non-hydrogen) atoms. The molecule has 0 fully saturated rings. The van der Waals surface area contributed by atoms with Crippen LogP contribution in [-0.2, 0) is 6.54 Å². The van der Waals surface area contributed by atoms with Gasteiger partial charge in [0.1, 0.15) is 6.61 Å². The molecule has 0 radical (unpaired) electrons. The number of halogens is 2. The number of aliphatic hydroxyl groups is 1. The van der Waals surface area contributed by atoms with E-state index in [2.05, 4.69) is 10.6 Å². The second-order valence-corrected chi connectivity index (χ2v) is 4.19. The minimum atomic E-state index is -0.00206. The maximum absolute atomic E-state index is 8.75. The lowest BCUT2D eigenvalue weighted by Crippen LogP contribution is -2.19. The average molecular weight is 341 g/mol. The largest absolute Gasteiger partial charge is 0.493 e. The summed E-state index contributed by atoms with van der Waals surface area (Å²) in [5.41, 5.74) is 1.15. The van der Waals surface area contributed by atoms with E-state index in [0.717, 1.165) is 31.6 Å². The summed E-state index contributed by atoms with van der Waals surface area (Å²) < 4.78 is 10.7. The molecule has 0 aliphatic rings. The van der Waals surface area contributed by atoms with Gasteiger partial charge in [0, 0.05) is 6.54 Å². The van der Waals surface area contributed by atoms with Crippen molar-refractivity contribution in [3.63, 3.8) is 0 Å². The summed E-state index contributed by atoms with van der Waals surface area (Å²) in [7, 11) is 3.57. The minimum absolute atomic E-state index is 0. The van der Waals surface area contributed by atoms with Gasteiger partial charge in [-0.05, 0) is 44.3 Å². The first-order valence-electron chi connectivity index (χ1n) is 6.57. The zero-order valence-electron chi connectivity index (χ0n) is 12.6. The summed E-state index contributed by atoms with van der Waals surface area (Å²) >= 11 is 0.